The number of rotatable bonds is 9. The molecule has 3 saturated heterocycles. The summed E-state index contributed by atoms with van der Waals surface area (Å²) in [5, 5.41) is 19.2. The summed E-state index contributed by atoms with van der Waals surface area (Å²) in [4.78, 5) is 42.7. The molecule has 8 heteroatoms. The molecule has 0 radical (unpaired) electrons. The van der Waals surface area contributed by atoms with E-state index in [1.807, 2.05) is 20.8 Å². The van der Waals surface area contributed by atoms with Gasteiger partial charge in [0.15, 0.2) is 0 Å². The van der Waals surface area contributed by atoms with E-state index in [0.29, 0.717) is 25.8 Å². The second-order valence-corrected chi connectivity index (χ2v) is 9.38. The van der Waals surface area contributed by atoms with Gasteiger partial charge in [0.25, 0.3) is 0 Å². The molecule has 6 atom stereocenters. The average molecular weight is 423 g/mol. The summed E-state index contributed by atoms with van der Waals surface area (Å²) >= 11 is 0. The van der Waals surface area contributed by atoms with E-state index in [2.05, 4.69) is 6.58 Å². The minimum Gasteiger partial charge on any atom is -0.481 e. The molecule has 3 rings (SSSR count). The molecule has 3 unspecified atom stereocenters. The molecule has 168 valence electrons. The van der Waals surface area contributed by atoms with Crippen molar-refractivity contribution >= 4 is 17.8 Å². The largest absolute Gasteiger partial charge is 0.481 e. The number of amides is 2. The fourth-order valence-electron chi connectivity index (χ4n) is 5.88. The van der Waals surface area contributed by atoms with Gasteiger partial charge in [-0.1, -0.05) is 13.0 Å². The Labute approximate surface area is 177 Å². The molecule has 2 amide bonds. The van der Waals surface area contributed by atoms with E-state index in [9.17, 15) is 19.5 Å². The maximum atomic E-state index is 13.8. The van der Waals surface area contributed by atoms with Gasteiger partial charge in [0, 0.05) is 25.7 Å². The Morgan fingerprint density at radius 1 is 1.40 bits per heavy atom. The van der Waals surface area contributed by atoms with Gasteiger partial charge in [0.05, 0.1) is 11.5 Å². The first-order valence-corrected chi connectivity index (χ1v) is 10.8. The van der Waals surface area contributed by atoms with Crippen molar-refractivity contribution in [2.24, 2.45) is 17.8 Å². The summed E-state index contributed by atoms with van der Waals surface area (Å²) < 4.78 is 6.44. The van der Waals surface area contributed by atoms with Crippen molar-refractivity contribution < 1.29 is 29.3 Å². The Balaban J connectivity index is 2.09. The lowest BCUT2D eigenvalue weighted by Gasteiger charge is -2.38. The zero-order valence-electron chi connectivity index (χ0n) is 18.3. The second kappa shape index (κ2) is 7.96. The Hall–Kier alpha value is -1.93. The number of carboxylic acids is 1. The molecule has 3 aliphatic rings. The lowest BCUT2D eigenvalue weighted by Crippen LogP contribution is -2.57. The molecule has 0 aliphatic carbocycles. The number of likely N-dealkylation sites (tertiary alicyclic amines) is 1. The summed E-state index contributed by atoms with van der Waals surface area (Å²) in [6.07, 6.45) is 3.15. The standard InChI is InChI=1S/C22H34N2O6/c1-6-9-23(13(2)3)19(27)17-22-12-14(4)21(5,30-22)16(20(28)29)15(22)18(26)24(17)10-7-8-11-25/h6,13-17,25H,1,7-12H2,2-5H3,(H,28,29)/t14?,15-,16+,17?,21-,22?/m0/s1. The predicted molar refractivity (Wildman–Crippen MR) is 109 cm³/mol. The van der Waals surface area contributed by atoms with Crippen LogP contribution in [-0.2, 0) is 19.1 Å². The highest BCUT2D eigenvalue weighted by Gasteiger charge is 2.80. The molecular weight excluding hydrogens is 388 g/mol. The molecule has 2 bridgehead atoms. The smallest absolute Gasteiger partial charge is 0.310 e. The lowest BCUT2D eigenvalue weighted by molar-refractivity contribution is -0.158. The van der Waals surface area contributed by atoms with E-state index in [4.69, 9.17) is 9.84 Å². The van der Waals surface area contributed by atoms with Crippen LogP contribution in [0.1, 0.15) is 47.0 Å². The quantitative estimate of drug-likeness (QED) is 0.428. The van der Waals surface area contributed by atoms with Crippen LogP contribution in [-0.4, -0.2) is 80.8 Å². The third-order valence-electron chi connectivity index (χ3n) is 7.35. The number of aliphatic carboxylic acids is 1. The maximum Gasteiger partial charge on any atom is 0.310 e. The number of carbonyl (C=O) groups excluding carboxylic acids is 2. The number of ether oxygens (including phenoxy) is 1. The van der Waals surface area contributed by atoms with E-state index in [0.717, 1.165) is 0 Å². The summed E-state index contributed by atoms with van der Waals surface area (Å²) in [6.45, 7) is 11.9. The van der Waals surface area contributed by atoms with Crippen LogP contribution < -0.4 is 0 Å². The summed E-state index contributed by atoms with van der Waals surface area (Å²) in [5.41, 5.74) is -2.12. The van der Waals surface area contributed by atoms with Crippen molar-refractivity contribution in [1.82, 2.24) is 9.80 Å². The Morgan fingerprint density at radius 3 is 2.60 bits per heavy atom. The minimum absolute atomic E-state index is 0.00679. The fraction of sp³-hybridized carbons (Fsp3) is 0.773. The predicted octanol–water partition coefficient (Wildman–Crippen LogP) is 1.28. The van der Waals surface area contributed by atoms with Crippen molar-refractivity contribution in [2.45, 2.75) is 70.2 Å². The molecule has 0 aromatic carbocycles. The highest BCUT2D eigenvalue weighted by atomic mass is 16.5. The van der Waals surface area contributed by atoms with Gasteiger partial charge in [-0.2, -0.15) is 0 Å². The second-order valence-electron chi connectivity index (χ2n) is 9.38. The molecule has 0 saturated carbocycles. The zero-order valence-corrected chi connectivity index (χ0v) is 18.3. The highest BCUT2D eigenvalue weighted by molar-refractivity contribution is 5.98. The van der Waals surface area contributed by atoms with Crippen LogP contribution in [0.25, 0.3) is 0 Å². The third kappa shape index (κ3) is 3.07. The highest BCUT2D eigenvalue weighted by Crippen LogP contribution is 2.65. The fourth-order valence-corrected chi connectivity index (χ4v) is 5.88. The number of carboxylic acid groups (broad SMARTS) is 1. The van der Waals surface area contributed by atoms with Crippen molar-refractivity contribution in [3.05, 3.63) is 12.7 Å². The van der Waals surface area contributed by atoms with Crippen LogP contribution in [0.5, 0.6) is 0 Å². The molecule has 2 N–H and O–H groups in total. The first-order chi connectivity index (χ1) is 14.1. The number of nitrogens with zero attached hydrogens (tertiary/aromatic N) is 2. The van der Waals surface area contributed by atoms with Crippen LogP contribution >= 0.6 is 0 Å². The first kappa shape index (κ1) is 22.7. The number of aliphatic hydroxyl groups excluding tert-OH is 1. The molecule has 0 aromatic heterocycles. The topological polar surface area (TPSA) is 107 Å². The summed E-state index contributed by atoms with van der Waals surface area (Å²) in [7, 11) is 0. The molecule has 8 nitrogen and oxygen atoms in total. The van der Waals surface area contributed by atoms with Gasteiger partial charge in [-0.25, -0.2) is 0 Å². The van der Waals surface area contributed by atoms with E-state index in [-0.39, 0.29) is 36.9 Å². The van der Waals surface area contributed by atoms with E-state index in [1.165, 1.54) is 4.90 Å². The zero-order chi connectivity index (χ0) is 22.4. The van der Waals surface area contributed by atoms with Crippen LogP contribution in [0.2, 0.25) is 0 Å². The van der Waals surface area contributed by atoms with Gasteiger partial charge in [-0.3, -0.25) is 14.4 Å². The van der Waals surface area contributed by atoms with E-state index >= 15 is 0 Å². The number of unbranched alkanes of at least 4 members (excludes halogenated alkanes) is 1. The number of carbonyl (C=O) groups is 3. The summed E-state index contributed by atoms with van der Waals surface area (Å²) in [5.74, 6) is -3.57. The molecule has 3 aliphatic heterocycles. The lowest BCUT2D eigenvalue weighted by atomic mass is 9.62. The van der Waals surface area contributed by atoms with E-state index < -0.39 is 35.0 Å². The maximum absolute atomic E-state index is 13.8. The van der Waals surface area contributed by atoms with Gasteiger partial charge < -0.3 is 24.7 Å². The number of aliphatic hydroxyl groups is 1. The molecule has 3 fully saturated rings. The van der Waals surface area contributed by atoms with Gasteiger partial charge in [-0.15, -0.1) is 6.58 Å². The number of hydrogen-bond donors (Lipinski definition) is 2. The number of hydrogen-bond acceptors (Lipinski definition) is 5. The number of fused-ring (bicyclic) bond motifs is 1. The SMILES string of the molecule is C=CCN(C(=O)C1N(CCCCO)C(=O)[C@@H]2[C@H](C(=O)O)[C@@]3(C)OC12CC3C)C(C)C. The van der Waals surface area contributed by atoms with Crippen LogP contribution in [0.15, 0.2) is 12.7 Å². The molecule has 1 spiro atoms. The van der Waals surface area contributed by atoms with E-state index in [1.54, 1.807) is 17.9 Å². The Kier molecular flexibility index (Phi) is 6.04. The monoisotopic (exact) mass is 422 g/mol. The third-order valence-corrected chi connectivity index (χ3v) is 7.35. The minimum atomic E-state index is -1.14. The molecule has 0 aromatic rings. The van der Waals surface area contributed by atoms with Gasteiger partial charge in [-0.05, 0) is 46.0 Å². The van der Waals surface area contributed by atoms with Crippen molar-refractivity contribution in [2.75, 3.05) is 19.7 Å². The van der Waals surface area contributed by atoms with Gasteiger partial charge >= 0.3 is 5.97 Å². The van der Waals surface area contributed by atoms with Gasteiger partial charge in [0.1, 0.15) is 17.6 Å². The van der Waals surface area contributed by atoms with Crippen molar-refractivity contribution in [1.29, 1.82) is 0 Å². The van der Waals surface area contributed by atoms with Crippen LogP contribution in [0.4, 0.5) is 0 Å². The molecule has 3 heterocycles. The van der Waals surface area contributed by atoms with Crippen LogP contribution in [0.3, 0.4) is 0 Å². The Bertz CT molecular complexity index is 739. The molecular formula is C22H34N2O6. The van der Waals surface area contributed by atoms with Crippen molar-refractivity contribution in [3.63, 3.8) is 0 Å². The first-order valence-electron chi connectivity index (χ1n) is 10.8. The van der Waals surface area contributed by atoms with Crippen molar-refractivity contribution in [3.8, 4) is 0 Å². The summed E-state index contributed by atoms with van der Waals surface area (Å²) in [6, 6.07) is -0.980. The molecule has 30 heavy (non-hydrogen) atoms. The van der Waals surface area contributed by atoms with Crippen LogP contribution in [0, 0.1) is 17.8 Å². The normalized spacial score (nSPS) is 37.0. The average Bonchev–Trinajstić information content (AvgIpc) is 3.17. The Morgan fingerprint density at radius 2 is 2.07 bits per heavy atom. The van der Waals surface area contributed by atoms with Gasteiger partial charge in [0.2, 0.25) is 11.8 Å².